The van der Waals surface area contributed by atoms with Crippen molar-refractivity contribution in [1.29, 1.82) is 5.26 Å². The first kappa shape index (κ1) is 11.1. The molecule has 0 spiro atoms. The summed E-state index contributed by atoms with van der Waals surface area (Å²) in [5, 5.41) is 8.71. The van der Waals surface area contributed by atoms with Crippen molar-refractivity contribution in [2.24, 2.45) is 0 Å². The number of hydrogen-bond donors (Lipinski definition) is 1. The summed E-state index contributed by atoms with van der Waals surface area (Å²) in [5.74, 6) is -0.458. The van der Waals surface area contributed by atoms with Crippen molar-refractivity contribution in [1.82, 2.24) is 0 Å². The number of nitrogens with two attached hydrogens (primary N) is 1. The molecule has 0 amide bonds. The van der Waals surface area contributed by atoms with Crippen molar-refractivity contribution in [3.05, 3.63) is 28.8 Å². The predicted octanol–water partition coefficient (Wildman–Crippen LogP) is 2.28. The number of nitriles is 1. The fourth-order valence-corrected chi connectivity index (χ4v) is 1.26. The van der Waals surface area contributed by atoms with E-state index in [1.165, 1.54) is 13.0 Å². The Bertz CT molecular complexity index is 449. The minimum absolute atomic E-state index is 0.0505. The van der Waals surface area contributed by atoms with Gasteiger partial charge >= 0.3 is 0 Å². The van der Waals surface area contributed by atoms with Gasteiger partial charge in [0.1, 0.15) is 6.07 Å². The Morgan fingerprint density at radius 3 is 2.53 bits per heavy atom. The molecule has 2 N–H and O–H groups in total. The van der Waals surface area contributed by atoms with E-state index in [0.717, 1.165) is 6.07 Å². The van der Waals surface area contributed by atoms with Crippen LogP contribution in [-0.2, 0) is 0 Å². The van der Waals surface area contributed by atoms with Gasteiger partial charge in [-0.3, -0.25) is 4.79 Å². The Balaban J connectivity index is 3.54. The number of rotatable bonds is 2. The average Bonchev–Trinajstić information content (AvgIpc) is 2.16. The molecule has 0 aromatic heterocycles. The molecule has 1 rings (SSSR count). The molecule has 78 valence electrons. The van der Waals surface area contributed by atoms with E-state index in [2.05, 4.69) is 0 Å². The van der Waals surface area contributed by atoms with Crippen LogP contribution in [0.5, 0.6) is 0 Å². The second-order valence-electron chi connectivity index (χ2n) is 3.00. The summed E-state index contributed by atoms with van der Waals surface area (Å²) in [6.07, 6.45) is -2.82. The number of halogens is 2. The number of carbonyl (C=O) groups is 1. The Kier molecular flexibility index (Phi) is 3.00. The standard InChI is InChI=1S/C10H8F2N2O/c1-5(15)7-2-6(14)3-8(10(11)12)9(7)4-13/h2-3,10H,14H2,1H3. The van der Waals surface area contributed by atoms with Crippen molar-refractivity contribution in [2.75, 3.05) is 5.73 Å². The largest absolute Gasteiger partial charge is 0.399 e. The number of ketones is 1. The number of Topliss-reactive ketones (excluding diaryl/α,β-unsaturated/α-hetero) is 1. The van der Waals surface area contributed by atoms with Gasteiger partial charge < -0.3 is 5.73 Å². The Morgan fingerprint density at radius 2 is 2.13 bits per heavy atom. The van der Waals surface area contributed by atoms with Gasteiger partial charge in [0.2, 0.25) is 0 Å². The molecular weight excluding hydrogens is 202 g/mol. The number of carbonyl (C=O) groups excluding carboxylic acids is 1. The quantitative estimate of drug-likeness (QED) is 0.601. The molecule has 0 aliphatic rings. The van der Waals surface area contributed by atoms with Gasteiger partial charge in [-0.25, -0.2) is 8.78 Å². The molecule has 3 nitrogen and oxygen atoms in total. The summed E-state index contributed by atoms with van der Waals surface area (Å²) in [7, 11) is 0. The molecule has 0 radical (unpaired) electrons. The molecular formula is C10H8F2N2O. The van der Waals surface area contributed by atoms with Gasteiger partial charge in [-0.2, -0.15) is 5.26 Å². The summed E-state index contributed by atoms with van der Waals surface area (Å²) in [6, 6.07) is 3.84. The van der Waals surface area contributed by atoms with Crippen LogP contribution < -0.4 is 5.73 Å². The predicted molar refractivity (Wildman–Crippen MR) is 50.5 cm³/mol. The number of nitrogen functional groups attached to an aromatic ring is 1. The zero-order valence-corrected chi connectivity index (χ0v) is 7.92. The van der Waals surface area contributed by atoms with Crippen LogP contribution in [0.2, 0.25) is 0 Å². The van der Waals surface area contributed by atoms with Crippen molar-refractivity contribution >= 4 is 11.5 Å². The molecule has 15 heavy (non-hydrogen) atoms. The fourth-order valence-electron chi connectivity index (χ4n) is 1.26. The van der Waals surface area contributed by atoms with Gasteiger partial charge in [-0.15, -0.1) is 0 Å². The van der Waals surface area contributed by atoms with Crippen molar-refractivity contribution in [3.8, 4) is 6.07 Å². The third-order valence-corrected chi connectivity index (χ3v) is 1.92. The van der Waals surface area contributed by atoms with E-state index in [1.807, 2.05) is 0 Å². The van der Waals surface area contributed by atoms with Crippen LogP contribution in [0.25, 0.3) is 0 Å². The summed E-state index contributed by atoms with van der Waals surface area (Å²) >= 11 is 0. The zero-order chi connectivity index (χ0) is 11.6. The third kappa shape index (κ3) is 2.10. The van der Waals surface area contributed by atoms with Gasteiger partial charge in [0.05, 0.1) is 5.56 Å². The van der Waals surface area contributed by atoms with E-state index in [4.69, 9.17) is 11.0 Å². The van der Waals surface area contributed by atoms with Crippen LogP contribution in [0.3, 0.4) is 0 Å². The molecule has 0 fully saturated rings. The van der Waals surface area contributed by atoms with Crippen LogP contribution in [0, 0.1) is 11.3 Å². The molecule has 0 bridgehead atoms. The van der Waals surface area contributed by atoms with Gasteiger partial charge in [-0.05, 0) is 19.1 Å². The van der Waals surface area contributed by atoms with Crippen LogP contribution >= 0.6 is 0 Å². The van der Waals surface area contributed by atoms with Crippen LogP contribution in [0.4, 0.5) is 14.5 Å². The highest BCUT2D eigenvalue weighted by atomic mass is 19.3. The minimum atomic E-state index is -2.82. The normalized spacial score (nSPS) is 10.1. The van der Waals surface area contributed by atoms with E-state index in [9.17, 15) is 13.6 Å². The fraction of sp³-hybridized carbons (Fsp3) is 0.200. The average molecular weight is 210 g/mol. The highest BCUT2D eigenvalue weighted by Crippen LogP contribution is 2.27. The van der Waals surface area contributed by atoms with Crippen LogP contribution in [0.1, 0.15) is 34.8 Å². The summed E-state index contributed by atoms with van der Waals surface area (Å²) < 4.78 is 25.0. The number of nitrogens with zero attached hydrogens (tertiary/aromatic N) is 1. The summed E-state index contributed by atoms with van der Waals surface area (Å²) in [5.41, 5.74) is 4.56. The van der Waals surface area contributed by atoms with E-state index in [-0.39, 0.29) is 16.8 Å². The molecule has 5 heteroatoms. The van der Waals surface area contributed by atoms with Crippen molar-refractivity contribution < 1.29 is 13.6 Å². The second kappa shape index (κ2) is 4.05. The Morgan fingerprint density at radius 1 is 1.53 bits per heavy atom. The topological polar surface area (TPSA) is 66.9 Å². The minimum Gasteiger partial charge on any atom is -0.399 e. The molecule has 1 aromatic carbocycles. The van der Waals surface area contributed by atoms with E-state index in [1.54, 1.807) is 6.07 Å². The lowest BCUT2D eigenvalue weighted by atomic mass is 9.98. The number of anilines is 1. The highest BCUT2D eigenvalue weighted by Gasteiger charge is 2.19. The van der Waals surface area contributed by atoms with Gasteiger partial charge in [0, 0.05) is 16.8 Å². The van der Waals surface area contributed by atoms with Gasteiger partial charge in [-0.1, -0.05) is 0 Å². The first-order valence-corrected chi connectivity index (χ1v) is 4.10. The molecule has 1 aromatic rings. The van der Waals surface area contributed by atoms with Crippen molar-refractivity contribution in [3.63, 3.8) is 0 Å². The molecule has 0 heterocycles. The number of hydrogen-bond acceptors (Lipinski definition) is 3. The van der Waals surface area contributed by atoms with Crippen LogP contribution in [0.15, 0.2) is 12.1 Å². The molecule has 0 aliphatic heterocycles. The SMILES string of the molecule is CC(=O)c1cc(N)cc(C(F)F)c1C#N. The lowest BCUT2D eigenvalue weighted by Gasteiger charge is -2.08. The molecule has 0 saturated carbocycles. The van der Waals surface area contributed by atoms with Gasteiger partial charge in [0.25, 0.3) is 6.43 Å². The maximum Gasteiger partial charge on any atom is 0.265 e. The lowest BCUT2D eigenvalue weighted by Crippen LogP contribution is -2.04. The Hall–Kier alpha value is -1.96. The maximum atomic E-state index is 12.5. The third-order valence-electron chi connectivity index (χ3n) is 1.92. The smallest absolute Gasteiger partial charge is 0.265 e. The van der Waals surface area contributed by atoms with Crippen molar-refractivity contribution in [2.45, 2.75) is 13.3 Å². The van der Waals surface area contributed by atoms with Crippen LogP contribution in [-0.4, -0.2) is 5.78 Å². The van der Waals surface area contributed by atoms with E-state index in [0.29, 0.717) is 0 Å². The second-order valence-corrected chi connectivity index (χ2v) is 3.00. The molecule has 0 aliphatic carbocycles. The maximum absolute atomic E-state index is 12.5. The Labute approximate surface area is 85.1 Å². The summed E-state index contributed by atoms with van der Waals surface area (Å²) in [4.78, 5) is 11.1. The summed E-state index contributed by atoms with van der Waals surface area (Å²) in [6.45, 7) is 1.20. The molecule has 0 unspecified atom stereocenters. The van der Waals surface area contributed by atoms with E-state index < -0.39 is 17.8 Å². The zero-order valence-electron chi connectivity index (χ0n) is 7.92. The monoisotopic (exact) mass is 210 g/mol. The highest BCUT2D eigenvalue weighted by molar-refractivity contribution is 5.97. The first-order valence-electron chi connectivity index (χ1n) is 4.10. The first-order chi connectivity index (χ1) is 6.97. The van der Waals surface area contributed by atoms with Gasteiger partial charge in [0.15, 0.2) is 5.78 Å². The molecule has 0 atom stereocenters. The number of benzene rings is 1. The molecule has 0 saturated heterocycles. The van der Waals surface area contributed by atoms with E-state index >= 15 is 0 Å². The lowest BCUT2D eigenvalue weighted by molar-refractivity contribution is 0.101. The number of alkyl halides is 2.